The van der Waals surface area contributed by atoms with Crippen LogP contribution in [0.2, 0.25) is 0 Å². The SMILES string of the molecule is O[C]1c2ccccc2CCC12[C@@H]1C[C@@H]3[CH][C@H]2C[C@@H](C3)C1. The van der Waals surface area contributed by atoms with E-state index in [1.165, 1.54) is 37.7 Å². The molecule has 1 aromatic carbocycles. The number of aryl methyl sites for hydroxylation is 1. The molecule has 1 unspecified atom stereocenters. The van der Waals surface area contributed by atoms with Crippen LogP contribution in [0.3, 0.4) is 0 Å². The smallest absolute Gasteiger partial charge is 0.129 e. The molecule has 1 N–H and O–H groups in total. The van der Waals surface area contributed by atoms with Crippen molar-refractivity contribution in [2.75, 3.05) is 0 Å². The lowest BCUT2D eigenvalue weighted by molar-refractivity contribution is -0.0993. The van der Waals surface area contributed by atoms with E-state index in [0.717, 1.165) is 35.8 Å². The number of benzene rings is 1. The number of aliphatic hydroxyl groups excluding tert-OH is 1. The van der Waals surface area contributed by atoms with Gasteiger partial charge in [0.15, 0.2) is 0 Å². The maximum atomic E-state index is 11.1. The molecule has 0 aromatic heterocycles. The molecule has 5 aliphatic rings. The molecule has 2 radical (unpaired) electrons. The zero-order chi connectivity index (χ0) is 13.3. The van der Waals surface area contributed by atoms with E-state index in [1.54, 1.807) is 0 Å². The van der Waals surface area contributed by atoms with Crippen molar-refractivity contribution in [2.45, 2.75) is 38.5 Å². The molecule has 0 saturated heterocycles. The van der Waals surface area contributed by atoms with Gasteiger partial charge in [-0.3, -0.25) is 0 Å². The van der Waals surface area contributed by atoms with Gasteiger partial charge in [0, 0.05) is 5.41 Å². The van der Waals surface area contributed by atoms with Gasteiger partial charge in [-0.25, -0.2) is 0 Å². The van der Waals surface area contributed by atoms with E-state index in [1.807, 2.05) is 0 Å². The minimum absolute atomic E-state index is 0.0990. The summed E-state index contributed by atoms with van der Waals surface area (Å²) in [5, 5.41) is 11.1. The molecule has 1 aromatic rings. The van der Waals surface area contributed by atoms with Crippen LogP contribution in [0.4, 0.5) is 0 Å². The zero-order valence-electron chi connectivity index (χ0n) is 11.9. The molecule has 4 saturated carbocycles. The molecule has 1 nitrogen and oxygen atoms in total. The highest BCUT2D eigenvalue weighted by molar-refractivity contribution is 5.43. The van der Waals surface area contributed by atoms with Crippen LogP contribution in [0.15, 0.2) is 24.3 Å². The van der Waals surface area contributed by atoms with Crippen LogP contribution in [0, 0.1) is 41.6 Å². The van der Waals surface area contributed by atoms with Gasteiger partial charge in [-0.05, 0) is 79.7 Å². The summed E-state index contributed by atoms with van der Waals surface area (Å²) in [5.74, 6) is 3.19. The lowest BCUT2D eigenvalue weighted by atomic mass is 9.41. The van der Waals surface area contributed by atoms with Crippen LogP contribution in [0.25, 0.3) is 0 Å². The van der Waals surface area contributed by atoms with Gasteiger partial charge in [-0.1, -0.05) is 24.3 Å². The highest BCUT2D eigenvalue weighted by atomic mass is 16.3. The van der Waals surface area contributed by atoms with Crippen molar-refractivity contribution in [2.24, 2.45) is 29.1 Å². The molecule has 1 heteroatoms. The maximum absolute atomic E-state index is 11.1. The molecule has 4 bridgehead atoms. The molecule has 5 aliphatic carbocycles. The molecule has 6 rings (SSSR count). The molecular weight excluding hydrogens is 244 g/mol. The van der Waals surface area contributed by atoms with Crippen LogP contribution >= 0.6 is 0 Å². The van der Waals surface area contributed by atoms with Crippen molar-refractivity contribution in [1.82, 2.24) is 0 Å². The third-order valence-electron chi connectivity index (χ3n) is 6.84. The van der Waals surface area contributed by atoms with E-state index in [0.29, 0.717) is 5.92 Å². The Balaban J connectivity index is 1.61. The van der Waals surface area contributed by atoms with E-state index in [9.17, 15) is 5.11 Å². The van der Waals surface area contributed by atoms with E-state index in [2.05, 4.69) is 30.7 Å². The largest absolute Gasteiger partial charge is 0.381 e. The molecule has 4 fully saturated rings. The summed E-state index contributed by atoms with van der Waals surface area (Å²) in [6, 6.07) is 8.51. The molecule has 5 atom stereocenters. The Morgan fingerprint density at radius 2 is 1.95 bits per heavy atom. The monoisotopic (exact) mass is 266 g/mol. The van der Waals surface area contributed by atoms with E-state index >= 15 is 0 Å². The van der Waals surface area contributed by atoms with Crippen LogP contribution < -0.4 is 0 Å². The van der Waals surface area contributed by atoms with Crippen molar-refractivity contribution in [3.8, 4) is 0 Å². The summed E-state index contributed by atoms with van der Waals surface area (Å²) in [5.41, 5.74) is 2.60. The molecule has 0 heterocycles. The lowest BCUT2D eigenvalue weighted by Gasteiger charge is -2.63. The van der Waals surface area contributed by atoms with Crippen LogP contribution in [-0.2, 0) is 6.42 Å². The van der Waals surface area contributed by atoms with E-state index < -0.39 is 0 Å². The first-order valence-electron chi connectivity index (χ1n) is 8.27. The fraction of sp³-hybridized carbons (Fsp3) is 0.579. The second-order valence-corrected chi connectivity index (χ2v) is 7.61. The summed E-state index contributed by atoms with van der Waals surface area (Å²) >= 11 is 0. The molecular formula is C19H22O. The lowest BCUT2D eigenvalue weighted by Crippen LogP contribution is -2.57. The Bertz CT molecular complexity index is 518. The Hall–Kier alpha value is -0.820. The summed E-state index contributed by atoms with van der Waals surface area (Å²) < 4.78 is 0. The van der Waals surface area contributed by atoms with Gasteiger partial charge in [0.1, 0.15) is 6.10 Å². The quantitative estimate of drug-likeness (QED) is 0.748. The standard InChI is InChI=1S/C19H22O/c20-18-17-4-2-1-3-14(17)5-6-19(18)15-8-12-7-13(10-15)11-16(19)9-12/h1-4,8,12-13,15-16,20H,5-7,9-11H2/t12-,13+,15-,16+,19?/m0/s1. The number of aliphatic hydroxyl groups is 1. The van der Waals surface area contributed by atoms with Gasteiger partial charge in [-0.15, -0.1) is 0 Å². The molecule has 104 valence electrons. The summed E-state index contributed by atoms with van der Waals surface area (Å²) in [7, 11) is 0. The predicted molar refractivity (Wildman–Crippen MR) is 78.2 cm³/mol. The maximum Gasteiger partial charge on any atom is 0.129 e. The summed E-state index contributed by atoms with van der Waals surface area (Å²) in [4.78, 5) is 0. The van der Waals surface area contributed by atoms with Crippen molar-refractivity contribution >= 4 is 0 Å². The fourth-order valence-electron chi connectivity index (χ4n) is 6.14. The van der Waals surface area contributed by atoms with Gasteiger partial charge >= 0.3 is 0 Å². The normalized spacial score (nSPS) is 45.9. The highest BCUT2D eigenvalue weighted by Gasteiger charge is 2.61. The molecule has 1 spiro atoms. The highest BCUT2D eigenvalue weighted by Crippen LogP contribution is 2.68. The number of hydrogen-bond donors (Lipinski definition) is 1. The van der Waals surface area contributed by atoms with Gasteiger partial charge in [0.05, 0.1) is 0 Å². The first kappa shape index (κ1) is 11.8. The fourth-order valence-corrected chi connectivity index (χ4v) is 6.14. The van der Waals surface area contributed by atoms with Gasteiger partial charge in [0.2, 0.25) is 0 Å². The van der Waals surface area contributed by atoms with Gasteiger partial charge < -0.3 is 5.11 Å². The van der Waals surface area contributed by atoms with Crippen LogP contribution in [0.5, 0.6) is 0 Å². The van der Waals surface area contributed by atoms with Crippen molar-refractivity contribution < 1.29 is 5.11 Å². The van der Waals surface area contributed by atoms with Crippen molar-refractivity contribution in [3.05, 3.63) is 47.9 Å². The number of rotatable bonds is 0. The Kier molecular flexibility index (Phi) is 2.29. The summed E-state index contributed by atoms with van der Waals surface area (Å²) in [6.45, 7) is 0. The van der Waals surface area contributed by atoms with Gasteiger partial charge in [-0.2, -0.15) is 0 Å². The van der Waals surface area contributed by atoms with E-state index in [4.69, 9.17) is 0 Å². The second-order valence-electron chi connectivity index (χ2n) is 7.61. The average molecular weight is 266 g/mol. The van der Waals surface area contributed by atoms with E-state index in [-0.39, 0.29) is 5.41 Å². The minimum Gasteiger partial charge on any atom is -0.381 e. The Morgan fingerprint density at radius 1 is 1.05 bits per heavy atom. The van der Waals surface area contributed by atoms with Crippen molar-refractivity contribution in [1.29, 1.82) is 0 Å². The van der Waals surface area contributed by atoms with Crippen molar-refractivity contribution in [3.63, 3.8) is 0 Å². The minimum atomic E-state index is 0.0990. The number of hydrogen-bond acceptors (Lipinski definition) is 1. The first-order chi connectivity index (χ1) is 9.77. The zero-order valence-corrected chi connectivity index (χ0v) is 11.9. The number of fused-ring (bicyclic) bond motifs is 1. The molecule has 20 heavy (non-hydrogen) atoms. The third-order valence-corrected chi connectivity index (χ3v) is 6.84. The predicted octanol–water partition coefficient (Wildman–Crippen LogP) is 4.14. The third kappa shape index (κ3) is 1.33. The first-order valence-corrected chi connectivity index (χ1v) is 8.27. The topological polar surface area (TPSA) is 20.2 Å². The second kappa shape index (κ2) is 3.88. The molecule has 0 aliphatic heterocycles. The van der Waals surface area contributed by atoms with Crippen LogP contribution in [0.1, 0.15) is 43.2 Å². The average Bonchev–Trinajstić information content (AvgIpc) is 2.46. The summed E-state index contributed by atoms with van der Waals surface area (Å²) in [6.07, 6.45) is 11.1. The van der Waals surface area contributed by atoms with Gasteiger partial charge in [0.25, 0.3) is 0 Å². The van der Waals surface area contributed by atoms with Crippen LogP contribution in [-0.4, -0.2) is 5.11 Å². The Labute approximate surface area is 121 Å². The Morgan fingerprint density at radius 3 is 2.80 bits per heavy atom. The molecule has 0 amide bonds.